The van der Waals surface area contributed by atoms with Crippen LogP contribution in [-0.2, 0) is 11.3 Å². The largest absolute Gasteiger partial charge is 0.381 e. The zero-order chi connectivity index (χ0) is 17.1. The van der Waals surface area contributed by atoms with Gasteiger partial charge in [0.05, 0.1) is 12.3 Å². The molecule has 0 radical (unpaired) electrons. The Kier molecular flexibility index (Phi) is 4.75. The Morgan fingerprint density at radius 1 is 1.33 bits per heavy atom. The van der Waals surface area contributed by atoms with Gasteiger partial charge in [0.25, 0.3) is 0 Å². The van der Waals surface area contributed by atoms with Crippen LogP contribution in [0.5, 0.6) is 0 Å². The summed E-state index contributed by atoms with van der Waals surface area (Å²) < 4.78 is 7.03. The van der Waals surface area contributed by atoms with Crippen molar-refractivity contribution >= 4 is 11.8 Å². The minimum absolute atomic E-state index is 0.236. The van der Waals surface area contributed by atoms with Crippen LogP contribution in [0.1, 0.15) is 29.4 Å². The Labute approximate surface area is 140 Å². The minimum Gasteiger partial charge on any atom is -0.381 e. The fraction of sp³-hybridized carbons (Fsp3) is 0.500. The number of hydrogen-bond acceptors (Lipinski definition) is 7. The van der Waals surface area contributed by atoms with E-state index in [1.165, 1.54) is 0 Å². The van der Waals surface area contributed by atoms with Crippen molar-refractivity contribution in [2.75, 3.05) is 30.8 Å². The van der Waals surface area contributed by atoms with Crippen LogP contribution in [0.25, 0.3) is 0 Å². The number of hydrogen-bond donors (Lipinski definition) is 2. The second-order valence-corrected chi connectivity index (χ2v) is 6.00. The third kappa shape index (κ3) is 3.70. The first-order chi connectivity index (χ1) is 11.5. The molecular weight excluding hydrogens is 308 g/mol. The molecule has 1 aliphatic heterocycles. The van der Waals surface area contributed by atoms with E-state index in [1.54, 1.807) is 4.57 Å². The summed E-state index contributed by atoms with van der Waals surface area (Å²) >= 11 is 0. The number of aryl methyl sites for hydroxylation is 2. The van der Waals surface area contributed by atoms with Crippen molar-refractivity contribution in [2.45, 2.75) is 32.7 Å². The summed E-state index contributed by atoms with van der Waals surface area (Å²) in [5.41, 5.74) is 8.09. The highest BCUT2D eigenvalue weighted by Crippen LogP contribution is 2.25. The van der Waals surface area contributed by atoms with Gasteiger partial charge in [-0.2, -0.15) is 9.97 Å². The van der Waals surface area contributed by atoms with Crippen LogP contribution in [0, 0.1) is 13.8 Å². The number of nitrogens with one attached hydrogen (secondary N) is 1. The maximum absolute atomic E-state index is 11.9. The molecule has 3 rings (SSSR count). The molecule has 0 bridgehead atoms. The van der Waals surface area contributed by atoms with E-state index in [-0.39, 0.29) is 17.6 Å². The van der Waals surface area contributed by atoms with Gasteiger partial charge >= 0.3 is 5.69 Å². The number of nitrogens with zero attached hydrogens (tertiary/aromatic N) is 4. The second-order valence-electron chi connectivity index (χ2n) is 6.00. The zero-order valence-electron chi connectivity index (χ0n) is 14.0. The molecule has 128 valence electrons. The molecule has 0 aromatic carbocycles. The van der Waals surface area contributed by atoms with Crippen molar-refractivity contribution in [3.8, 4) is 0 Å². The van der Waals surface area contributed by atoms with Crippen LogP contribution in [0.2, 0.25) is 0 Å². The highest BCUT2D eigenvalue weighted by molar-refractivity contribution is 5.41. The minimum atomic E-state index is -0.236. The van der Waals surface area contributed by atoms with Crippen molar-refractivity contribution < 1.29 is 4.74 Å². The first-order valence-electron chi connectivity index (χ1n) is 8.04. The third-order valence-corrected chi connectivity index (χ3v) is 4.10. The lowest BCUT2D eigenvalue weighted by atomic mass is 10.0. The van der Waals surface area contributed by atoms with Gasteiger partial charge in [-0.3, -0.25) is 4.57 Å². The fourth-order valence-electron chi connectivity index (χ4n) is 2.90. The molecule has 1 atom stereocenters. The number of anilines is 2. The average Bonchev–Trinajstić information content (AvgIpc) is 3.03. The van der Waals surface area contributed by atoms with E-state index in [1.807, 2.05) is 26.0 Å². The van der Waals surface area contributed by atoms with E-state index in [0.717, 1.165) is 30.1 Å². The summed E-state index contributed by atoms with van der Waals surface area (Å²) in [6, 6.07) is 3.79. The fourth-order valence-corrected chi connectivity index (χ4v) is 2.90. The summed E-state index contributed by atoms with van der Waals surface area (Å²) in [7, 11) is 0. The van der Waals surface area contributed by atoms with Crippen LogP contribution in [0.15, 0.2) is 16.9 Å². The lowest BCUT2D eigenvalue weighted by Gasteiger charge is -2.13. The van der Waals surface area contributed by atoms with Gasteiger partial charge in [0.1, 0.15) is 5.82 Å². The van der Waals surface area contributed by atoms with Crippen molar-refractivity contribution in [1.29, 1.82) is 0 Å². The number of rotatable bonds is 5. The van der Waals surface area contributed by atoms with Gasteiger partial charge in [-0.1, -0.05) is 0 Å². The lowest BCUT2D eigenvalue weighted by Crippen LogP contribution is -2.28. The molecule has 0 saturated carbocycles. The van der Waals surface area contributed by atoms with E-state index in [4.69, 9.17) is 10.5 Å². The summed E-state index contributed by atoms with van der Waals surface area (Å²) in [4.78, 5) is 24.4. The monoisotopic (exact) mass is 330 g/mol. The molecule has 3 N–H and O–H groups in total. The molecule has 3 heterocycles. The van der Waals surface area contributed by atoms with E-state index < -0.39 is 0 Å². The molecule has 2 aromatic heterocycles. The van der Waals surface area contributed by atoms with Gasteiger partial charge in [-0.25, -0.2) is 9.78 Å². The smallest absolute Gasteiger partial charge is 0.348 e. The predicted octanol–water partition coefficient (Wildman–Crippen LogP) is 0.848. The quantitative estimate of drug-likeness (QED) is 0.836. The third-order valence-electron chi connectivity index (χ3n) is 4.10. The van der Waals surface area contributed by atoms with Crippen molar-refractivity contribution in [3.63, 3.8) is 0 Å². The molecular formula is C16H22N6O2. The van der Waals surface area contributed by atoms with Gasteiger partial charge in [0.15, 0.2) is 0 Å². The van der Waals surface area contributed by atoms with Gasteiger partial charge in [-0.05, 0) is 26.3 Å². The van der Waals surface area contributed by atoms with E-state index >= 15 is 0 Å². The highest BCUT2D eigenvalue weighted by Gasteiger charge is 2.20. The second kappa shape index (κ2) is 6.96. The van der Waals surface area contributed by atoms with Crippen LogP contribution < -0.4 is 16.7 Å². The first-order valence-corrected chi connectivity index (χ1v) is 8.04. The lowest BCUT2D eigenvalue weighted by molar-refractivity contribution is 0.193. The van der Waals surface area contributed by atoms with Crippen molar-refractivity contribution in [3.05, 3.63) is 39.7 Å². The van der Waals surface area contributed by atoms with E-state index in [2.05, 4.69) is 20.3 Å². The van der Waals surface area contributed by atoms with E-state index in [0.29, 0.717) is 25.5 Å². The SMILES string of the molecule is Cc1cc(C)n(CCNc2cc(C3CCOC3)nc(N)n2)c(=O)n1. The molecule has 0 amide bonds. The molecule has 2 aromatic rings. The van der Waals surface area contributed by atoms with Crippen molar-refractivity contribution in [2.24, 2.45) is 0 Å². The maximum atomic E-state index is 11.9. The van der Waals surface area contributed by atoms with Crippen molar-refractivity contribution in [1.82, 2.24) is 19.5 Å². The average molecular weight is 330 g/mol. The maximum Gasteiger partial charge on any atom is 0.348 e. The molecule has 24 heavy (non-hydrogen) atoms. The molecule has 1 saturated heterocycles. The molecule has 1 unspecified atom stereocenters. The Balaban J connectivity index is 1.68. The van der Waals surface area contributed by atoms with E-state index in [9.17, 15) is 4.79 Å². The van der Waals surface area contributed by atoms with Crippen LogP contribution in [-0.4, -0.2) is 39.3 Å². The number of nitrogens with two attached hydrogens (primary N) is 1. The standard InChI is InChI=1S/C16H22N6O2/c1-10-7-11(2)22(16(23)19-10)5-4-18-14-8-13(20-15(17)21-14)12-3-6-24-9-12/h7-8,12H,3-6,9H2,1-2H3,(H3,17,18,20,21). The number of aromatic nitrogens is 4. The normalized spacial score (nSPS) is 17.2. The molecule has 0 aliphatic carbocycles. The van der Waals surface area contributed by atoms with Crippen LogP contribution in [0.3, 0.4) is 0 Å². The summed E-state index contributed by atoms with van der Waals surface area (Å²) in [6.45, 7) is 6.18. The van der Waals surface area contributed by atoms with Gasteiger partial charge in [0, 0.05) is 43.1 Å². The van der Waals surface area contributed by atoms with Crippen LogP contribution in [0.4, 0.5) is 11.8 Å². The molecule has 8 nitrogen and oxygen atoms in total. The highest BCUT2D eigenvalue weighted by atomic mass is 16.5. The number of nitrogen functional groups attached to an aromatic ring is 1. The van der Waals surface area contributed by atoms with Gasteiger partial charge in [-0.15, -0.1) is 0 Å². The Morgan fingerprint density at radius 3 is 2.88 bits per heavy atom. The zero-order valence-corrected chi connectivity index (χ0v) is 14.0. The Morgan fingerprint density at radius 2 is 2.17 bits per heavy atom. The Bertz CT molecular complexity index is 783. The predicted molar refractivity (Wildman–Crippen MR) is 91.1 cm³/mol. The van der Waals surface area contributed by atoms with Gasteiger partial charge in [0.2, 0.25) is 5.95 Å². The van der Waals surface area contributed by atoms with Crippen LogP contribution >= 0.6 is 0 Å². The number of ether oxygens (including phenoxy) is 1. The molecule has 1 fully saturated rings. The molecule has 0 spiro atoms. The summed E-state index contributed by atoms with van der Waals surface area (Å²) in [5.74, 6) is 1.17. The summed E-state index contributed by atoms with van der Waals surface area (Å²) in [6.07, 6.45) is 0.944. The summed E-state index contributed by atoms with van der Waals surface area (Å²) in [5, 5.41) is 3.21. The molecule has 1 aliphatic rings. The first kappa shape index (κ1) is 16.4. The van der Waals surface area contributed by atoms with Gasteiger partial charge < -0.3 is 15.8 Å². The molecule has 8 heteroatoms. The topological polar surface area (TPSA) is 108 Å². The Hall–Kier alpha value is -2.48.